The first-order chi connectivity index (χ1) is 16.1. The van der Waals surface area contributed by atoms with E-state index < -0.39 is 5.92 Å². The third-order valence-corrected chi connectivity index (χ3v) is 8.09. The minimum absolute atomic E-state index is 0.0927. The fraction of sp³-hybridized carbons (Fsp3) is 0.407. The maximum atomic E-state index is 13.4. The van der Waals surface area contributed by atoms with Gasteiger partial charge in [-0.15, -0.1) is 11.3 Å². The number of allylic oxidation sites excluding steroid dienone is 3. The molecule has 0 bridgehead atoms. The van der Waals surface area contributed by atoms with Crippen LogP contribution in [0.15, 0.2) is 57.3 Å². The largest absolute Gasteiger partial charge is 0.488 e. The minimum Gasteiger partial charge on any atom is -0.488 e. The molecule has 0 radical (unpaired) electrons. The number of hydrogen-bond acceptors (Lipinski definition) is 6. The highest BCUT2D eigenvalue weighted by Crippen LogP contribution is 2.48. The number of esters is 1. The van der Waals surface area contributed by atoms with Crippen LogP contribution in [0.1, 0.15) is 61.8 Å². The second kappa shape index (κ2) is 9.70. The minimum atomic E-state index is -0.431. The lowest BCUT2D eigenvalue weighted by atomic mass is 9.70. The summed E-state index contributed by atoms with van der Waals surface area (Å²) in [5, 5.41) is 3.38. The highest BCUT2D eigenvalue weighted by molar-refractivity contribution is 9.10. The summed E-state index contributed by atoms with van der Waals surface area (Å²) in [6, 6.07) is 9.83. The second-order valence-electron chi connectivity index (χ2n) is 9.60. The lowest BCUT2D eigenvalue weighted by Gasteiger charge is -2.39. The molecule has 0 amide bonds. The molecular weight excluding hydrogens is 514 g/mol. The Labute approximate surface area is 213 Å². The molecule has 1 aromatic heterocycles. The molecule has 2 aromatic rings. The molecular formula is C27H30BrNO4S. The van der Waals surface area contributed by atoms with Crippen molar-refractivity contribution >= 4 is 39.0 Å². The molecule has 0 saturated carbocycles. The average molecular weight is 545 g/mol. The molecule has 0 fully saturated rings. The summed E-state index contributed by atoms with van der Waals surface area (Å²) < 4.78 is 12.4. The molecule has 1 aromatic carbocycles. The Morgan fingerprint density at radius 3 is 2.68 bits per heavy atom. The molecule has 1 unspecified atom stereocenters. The molecule has 1 aliphatic carbocycles. The van der Waals surface area contributed by atoms with Gasteiger partial charge in [0.25, 0.3) is 0 Å². The lowest BCUT2D eigenvalue weighted by molar-refractivity contribution is -0.138. The Balaban J connectivity index is 1.74. The summed E-state index contributed by atoms with van der Waals surface area (Å²) in [6.07, 6.45) is 1.22. The predicted octanol–water partition coefficient (Wildman–Crippen LogP) is 6.57. The molecule has 4 rings (SSSR count). The molecule has 2 heterocycles. The zero-order valence-corrected chi connectivity index (χ0v) is 22.6. The number of carbonyl (C=O) groups is 2. The van der Waals surface area contributed by atoms with E-state index in [1.807, 2.05) is 31.2 Å². The number of thiophene rings is 1. The van der Waals surface area contributed by atoms with Crippen LogP contribution in [0.4, 0.5) is 0 Å². The summed E-state index contributed by atoms with van der Waals surface area (Å²) in [5.74, 6) is 0.0582. The van der Waals surface area contributed by atoms with Gasteiger partial charge in [0.15, 0.2) is 5.78 Å². The molecule has 1 N–H and O–H groups in total. The van der Waals surface area contributed by atoms with Gasteiger partial charge in [-0.05, 0) is 66.7 Å². The van der Waals surface area contributed by atoms with Crippen LogP contribution in [0.2, 0.25) is 0 Å². The van der Waals surface area contributed by atoms with Crippen molar-refractivity contribution in [1.82, 2.24) is 5.32 Å². The Morgan fingerprint density at radius 1 is 1.24 bits per heavy atom. The van der Waals surface area contributed by atoms with Gasteiger partial charge in [0.05, 0.1) is 22.6 Å². The number of dihydropyridines is 1. The zero-order chi connectivity index (χ0) is 24.6. The average Bonchev–Trinajstić information content (AvgIpc) is 3.11. The van der Waals surface area contributed by atoms with Gasteiger partial charge in [-0.3, -0.25) is 4.79 Å². The fourth-order valence-corrected chi connectivity index (χ4v) is 6.30. The van der Waals surface area contributed by atoms with E-state index in [1.165, 1.54) is 0 Å². The number of aryl methyl sites for hydroxylation is 1. The van der Waals surface area contributed by atoms with E-state index in [-0.39, 0.29) is 23.8 Å². The Kier molecular flexibility index (Phi) is 7.06. The van der Waals surface area contributed by atoms with Gasteiger partial charge in [0, 0.05) is 38.7 Å². The van der Waals surface area contributed by atoms with Gasteiger partial charge in [-0.2, -0.15) is 0 Å². The Bertz CT molecular complexity index is 1210. The third kappa shape index (κ3) is 4.86. The van der Waals surface area contributed by atoms with E-state index in [0.717, 1.165) is 43.4 Å². The molecule has 7 heteroatoms. The number of rotatable bonds is 6. The number of Topliss-reactive ketones (excluding diaryl/α,β-unsaturated/α-hetero) is 1. The first-order valence-electron chi connectivity index (χ1n) is 11.5. The van der Waals surface area contributed by atoms with Gasteiger partial charge >= 0.3 is 5.97 Å². The van der Waals surface area contributed by atoms with Gasteiger partial charge in [-0.1, -0.05) is 26.0 Å². The molecule has 2 aliphatic rings. The van der Waals surface area contributed by atoms with Crippen molar-refractivity contribution in [3.8, 4) is 5.75 Å². The van der Waals surface area contributed by atoms with E-state index in [0.29, 0.717) is 24.2 Å². The predicted molar refractivity (Wildman–Crippen MR) is 138 cm³/mol. The van der Waals surface area contributed by atoms with Crippen LogP contribution in [0.3, 0.4) is 0 Å². The van der Waals surface area contributed by atoms with E-state index >= 15 is 0 Å². The van der Waals surface area contributed by atoms with Gasteiger partial charge in [0.2, 0.25) is 0 Å². The normalized spacial score (nSPS) is 19.6. The number of hydrogen-bond donors (Lipinski definition) is 1. The highest BCUT2D eigenvalue weighted by atomic mass is 79.9. The highest BCUT2D eigenvalue weighted by Gasteiger charge is 2.43. The quantitative estimate of drug-likeness (QED) is 0.417. The number of ketones is 1. The summed E-state index contributed by atoms with van der Waals surface area (Å²) in [7, 11) is 0. The molecule has 5 nitrogen and oxygen atoms in total. The number of nitrogens with one attached hydrogen (secondary N) is 1. The fourth-order valence-electron chi connectivity index (χ4n) is 4.75. The van der Waals surface area contributed by atoms with E-state index in [9.17, 15) is 9.59 Å². The van der Waals surface area contributed by atoms with Crippen LogP contribution in [0.5, 0.6) is 5.75 Å². The van der Waals surface area contributed by atoms with Crippen molar-refractivity contribution in [2.24, 2.45) is 5.41 Å². The Morgan fingerprint density at radius 2 is 1.97 bits per heavy atom. The number of benzene rings is 1. The van der Waals surface area contributed by atoms with E-state index in [2.05, 4.69) is 48.1 Å². The van der Waals surface area contributed by atoms with Gasteiger partial charge in [0.1, 0.15) is 12.4 Å². The molecule has 1 atom stereocenters. The smallest absolute Gasteiger partial charge is 0.336 e. The van der Waals surface area contributed by atoms with E-state index in [1.54, 1.807) is 18.3 Å². The first kappa shape index (κ1) is 24.7. The second-order valence-corrected chi connectivity index (χ2v) is 11.7. The molecule has 0 saturated heterocycles. The van der Waals surface area contributed by atoms with Crippen LogP contribution in [-0.2, 0) is 20.9 Å². The van der Waals surface area contributed by atoms with Crippen molar-refractivity contribution in [2.45, 2.75) is 60.0 Å². The topological polar surface area (TPSA) is 64.6 Å². The van der Waals surface area contributed by atoms with Crippen molar-refractivity contribution in [3.63, 3.8) is 0 Å². The molecule has 1 aliphatic heterocycles. The first-order valence-corrected chi connectivity index (χ1v) is 13.1. The molecule has 0 spiro atoms. The maximum absolute atomic E-state index is 13.4. The molecule has 34 heavy (non-hydrogen) atoms. The van der Waals surface area contributed by atoms with Gasteiger partial charge in [-0.25, -0.2) is 4.79 Å². The number of carbonyl (C=O) groups excluding carboxylic acids is 2. The summed E-state index contributed by atoms with van der Waals surface area (Å²) in [5.41, 5.74) is 3.82. The van der Waals surface area contributed by atoms with Crippen molar-refractivity contribution in [3.05, 3.63) is 72.7 Å². The maximum Gasteiger partial charge on any atom is 0.336 e. The summed E-state index contributed by atoms with van der Waals surface area (Å²) in [4.78, 5) is 28.5. The van der Waals surface area contributed by atoms with Crippen LogP contribution >= 0.6 is 27.3 Å². The van der Waals surface area contributed by atoms with Gasteiger partial charge < -0.3 is 14.8 Å². The number of halogens is 1. The zero-order valence-electron chi connectivity index (χ0n) is 20.2. The lowest BCUT2D eigenvalue weighted by Crippen LogP contribution is -2.38. The SMILES string of the molecule is CCOC(=O)C1=C(C)NC2=C(C(=O)CC(C)(C)C2)C1c1cc(COc2ccccc2Br)c(C)s1. The van der Waals surface area contributed by atoms with E-state index in [4.69, 9.17) is 9.47 Å². The summed E-state index contributed by atoms with van der Waals surface area (Å²) >= 11 is 5.14. The van der Waals surface area contributed by atoms with Crippen molar-refractivity contribution < 1.29 is 19.1 Å². The van der Waals surface area contributed by atoms with Crippen LogP contribution in [-0.4, -0.2) is 18.4 Å². The monoisotopic (exact) mass is 543 g/mol. The third-order valence-electron chi connectivity index (χ3n) is 6.28. The van der Waals surface area contributed by atoms with Crippen LogP contribution in [0, 0.1) is 12.3 Å². The van der Waals surface area contributed by atoms with Crippen molar-refractivity contribution in [1.29, 1.82) is 0 Å². The number of ether oxygens (including phenoxy) is 2. The standard InChI is InChI=1S/C27H30BrNO4S/c1-6-32-26(31)23-15(2)29-19-12-27(4,5)13-20(30)24(19)25(23)22-11-17(16(3)34-22)14-33-21-10-8-7-9-18(21)28/h7-11,25,29H,6,12-14H2,1-5H3. The summed E-state index contributed by atoms with van der Waals surface area (Å²) in [6.45, 7) is 10.6. The van der Waals surface area contributed by atoms with Crippen LogP contribution in [0.25, 0.3) is 0 Å². The Hall–Kier alpha value is -2.38. The molecule has 180 valence electrons. The number of para-hydroxylation sites is 1. The van der Waals surface area contributed by atoms with Crippen molar-refractivity contribution in [2.75, 3.05) is 6.61 Å². The van der Waals surface area contributed by atoms with Crippen LogP contribution < -0.4 is 10.1 Å².